The third-order valence-electron chi connectivity index (χ3n) is 5.41. The lowest BCUT2D eigenvalue weighted by Gasteiger charge is -2.33. The van der Waals surface area contributed by atoms with Gasteiger partial charge in [-0.25, -0.2) is 4.98 Å². The summed E-state index contributed by atoms with van der Waals surface area (Å²) in [6.45, 7) is 1.75. The molecule has 158 valence electrons. The van der Waals surface area contributed by atoms with Gasteiger partial charge in [0, 0.05) is 30.2 Å². The van der Waals surface area contributed by atoms with E-state index in [-0.39, 0.29) is 11.9 Å². The first-order chi connectivity index (χ1) is 15.1. The van der Waals surface area contributed by atoms with Gasteiger partial charge in [0.1, 0.15) is 11.2 Å². The largest absolute Gasteiger partial charge is 0.399 e. The van der Waals surface area contributed by atoms with Crippen molar-refractivity contribution in [1.29, 1.82) is 0 Å². The molecule has 0 unspecified atom stereocenters. The summed E-state index contributed by atoms with van der Waals surface area (Å²) in [5, 5.41) is 13.6. The summed E-state index contributed by atoms with van der Waals surface area (Å²) < 4.78 is 1.61. The number of thiazole rings is 1. The number of carbonyl (C=O) groups excluding carboxylic acids is 1. The summed E-state index contributed by atoms with van der Waals surface area (Å²) in [4.78, 5) is 19.7. The van der Waals surface area contributed by atoms with E-state index in [4.69, 9.17) is 11.5 Å². The number of rotatable bonds is 4. The number of amides is 1. The first-order valence-corrected chi connectivity index (χ1v) is 10.9. The van der Waals surface area contributed by atoms with Crippen LogP contribution in [0.4, 0.5) is 17.1 Å². The maximum atomic E-state index is 12.9. The minimum absolute atomic E-state index is 0.246. The maximum Gasteiger partial charge on any atom is 0.275 e. The average Bonchev–Trinajstić information content (AvgIpc) is 3.41. The minimum Gasteiger partial charge on any atom is -0.399 e. The number of nitrogens with zero attached hydrogens (tertiary/aromatic N) is 5. The van der Waals surface area contributed by atoms with Crippen LogP contribution in [0.5, 0.6) is 0 Å². The summed E-state index contributed by atoms with van der Waals surface area (Å²) in [6, 6.07) is 13.4. The third kappa shape index (κ3) is 3.82. The van der Waals surface area contributed by atoms with Gasteiger partial charge in [-0.3, -0.25) is 4.79 Å². The predicted octanol–water partition coefficient (Wildman–Crippen LogP) is 2.64. The van der Waals surface area contributed by atoms with Gasteiger partial charge in [-0.1, -0.05) is 17.3 Å². The predicted molar refractivity (Wildman–Crippen MR) is 123 cm³/mol. The van der Waals surface area contributed by atoms with Crippen LogP contribution in [0.3, 0.4) is 0 Å². The van der Waals surface area contributed by atoms with E-state index in [1.807, 2.05) is 30.3 Å². The van der Waals surface area contributed by atoms with Gasteiger partial charge >= 0.3 is 0 Å². The summed E-state index contributed by atoms with van der Waals surface area (Å²) in [5.41, 5.74) is 16.0. The zero-order valence-electron chi connectivity index (χ0n) is 16.7. The van der Waals surface area contributed by atoms with E-state index in [1.165, 1.54) is 11.3 Å². The van der Waals surface area contributed by atoms with Crippen LogP contribution in [-0.4, -0.2) is 45.0 Å². The highest BCUT2D eigenvalue weighted by atomic mass is 32.1. The second-order valence-electron chi connectivity index (χ2n) is 7.56. The van der Waals surface area contributed by atoms with Crippen LogP contribution >= 0.6 is 11.3 Å². The molecule has 0 atom stereocenters. The molecular formula is C21H22N8OS. The summed E-state index contributed by atoms with van der Waals surface area (Å²) in [6.07, 6.45) is 1.88. The maximum absolute atomic E-state index is 12.9. The van der Waals surface area contributed by atoms with Gasteiger partial charge in [0.2, 0.25) is 5.13 Å². The van der Waals surface area contributed by atoms with Crippen molar-refractivity contribution in [2.45, 2.75) is 18.9 Å². The molecule has 0 bridgehead atoms. The Balaban J connectivity index is 1.37. The van der Waals surface area contributed by atoms with Crippen molar-refractivity contribution in [3.05, 3.63) is 53.5 Å². The molecule has 0 radical (unpaired) electrons. The van der Waals surface area contributed by atoms with Crippen LogP contribution in [-0.2, 0) is 0 Å². The Morgan fingerprint density at radius 2 is 1.97 bits per heavy atom. The number of benzene rings is 2. The van der Waals surface area contributed by atoms with E-state index in [1.54, 1.807) is 22.2 Å². The number of para-hydroxylation sites is 2. The molecule has 10 heteroatoms. The Morgan fingerprint density at radius 1 is 1.16 bits per heavy atom. The van der Waals surface area contributed by atoms with Crippen LogP contribution < -0.4 is 21.7 Å². The molecule has 9 nitrogen and oxygen atoms in total. The first-order valence-electron chi connectivity index (χ1n) is 10.1. The van der Waals surface area contributed by atoms with Crippen molar-refractivity contribution in [3.8, 4) is 5.13 Å². The lowest BCUT2D eigenvalue weighted by Crippen LogP contribution is -2.40. The lowest BCUT2D eigenvalue weighted by atomic mass is 10.0. The molecule has 2 aromatic carbocycles. The lowest BCUT2D eigenvalue weighted by molar-refractivity contribution is 0.102. The zero-order valence-corrected chi connectivity index (χ0v) is 17.5. The van der Waals surface area contributed by atoms with Gasteiger partial charge in [0.25, 0.3) is 5.91 Å². The smallest absolute Gasteiger partial charge is 0.275 e. The number of fused-ring (bicyclic) bond motifs is 1. The minimum atomic E-state index is -0.266. The molecule has 1 aliphatic heterocycles. The van der Waals surface area contributed by atoms with Gasteiger partial charge in [-0.2, -0.15) is 4.68 Å². The van der Waals surface area contributed by atoms with Crippen LogP contribution in [0.2, 0.25) is 0 Å². The van der Waals surface area contributed by atoms with Crippen molar-refractivity contribution in [1.82, 2.24) is 20.0 Å². The van der Waals surface area contributed by atoms with E-state index in [9.17, 15) is 4.79 Å². The summed E-state index contributed by atoms with van der Waals surface area (Å²) in [7, 11) is 0. The van der Waals surface area contributed by atoms with E-state index in [0.717, 1.165) is 42.8 Å². The van der Waals surface area contributed by atoms with Crippen LogP contribution in [0.25, 0.3) is 16.2 Å². The second-order valence-corrected chi connectivity index (χ2v) is 8.40. The molecule has 5 N–H and O–H groups in total. The highest BCUT2D eigenvalue weighted by Crippen LogP contribution is 2.29. The van der Waals surface area contributed by atoms with Gasteiger partial charge < -0.3 is 21.7 Å². The number of carbonyl (C=O) groups is 1. The molecule has 1 saturated heterocycles. The van der Waals surface area contributed by atoms with Gasteiger partial charge in [0.15, 0.2) is 0 Å². The topological polar surface area (TPSA) is 128 Å². The Kier molecular flexibility index (Phi) is 5.00. The van der Waals surface area contributed by atoms with Gasteiger partial charge in [-0.05, 0) is 43.2 Å². The van der Waals surface area contributed by atoms with Gasteiger partial charge in [-0.15, -0.1) is 16.4 Å². The van der Waals surface area contributed by atoms with Crippen LogP contribution in [0.15, 0.2) is 47.8 Å². The number of nitrogen functional groups attached to an aromatic ring is 1. The Morgan fingerprint density at radius 3 is 2.81 bits per heavy atom. The monoisotopic (exact) mass is 434 g/mol. The highest BCUT2D eigenvalue weighted by molar-refractivity contribution is 7.12. The van der Waals surface area contributed by atoms with E-state index < -0.39 is 0 Å². The first kappa shape index (κ1) is 19.5. The van der Waals surface area contributed by atoms with E-state index in [0.29, 0.717) is 22.0 Å². The fourth-order valence-corrected chi connectivity index (χ4v) is 4.49. The molecular weight excluding hydrogens is 412 g/mol. The van der Waals surface area contributed by atoms with Crippen molar-refractivity contribution in [3.63, 3.8) is 0 Å². The fourth-order valence-electron chi connectivity index (χ4n) is 3.73. The molecule has 0 saturated carbocycles. The number of hydrogen-bond acceptors (Lipinski definition) is 8. The summed E-state index contributed by atoms with van der Waals surface area (Å²) in [5.74, 6) is -0.266. The van der Waals surface area contributed by atoms with Crippen LogP contribution in [0.1, 0.15) is 23.3 Å². The number of nitrogens with one attached hydrogen (secondary N) is 1. The number of hydrogen-bond donors (Lipinski definition) is 3. The fraction of sp³-hybridized carbons (Fsp3) is 0.238. The number of anilines is 3. The van der Waals surface area contributed by atoms with E-state index >= 15 is 0 Å². The number of piperidine rings is 1. The molecule has 1 fully saturated rings. The standard InChI is InChI=1S/C21H22N8OS/c22-13-7-9-28(10-8-13)18-4-2-1-3-15(18)24-20(30)17-12-31-21(25-17)29-19-6-5-14(23)11-16(19)26-27-29/h1-6,11-13H,7-10,22-23H2,(H,24,30). The number of aromatic nitrogens is 4. The van der Waals surface area contributed by atoms with Crippen molar-refractivity contribution >= 4 is 45.3 Å². The molecule has 3 heterocycles. The second kappa shape index (κ2) is 7.97. The molecule has 4 aromatic rings. The molecule has 1 amide bonds. The quantitative estimate of drug-likeness (QED) is 0.421. The Bertz CT molecular complexity index is 1240. The molecule has 5 rings (SSSR count). The van der Waals surface area contributed by atoms with Crippen molar-refractivity contribution in [2.24, 2.45) is 5.73 Å². The zero-order chi connectivity index (χ0) is 21.4. The Labute approximate surface area is 182 Å². The van der Waals surface area contributed by atoms with Crippen molar-refractivity contribution in [2.75, 3.05) is 29.0 Å². The molecule has 0 spiro atoms. The summed E-state index contributed by atoms with van der Waals surface area (Å²) >= 11 is 1.33. The van der Waals surface area contributed by atoms with E-state index in [2.05, 4.69) is 25.5 Å². The Hall–Kier alpha value is -3.50. The van der Waals surface area contributed by atoms with Gasteiger partial charge in [0.05, 0.1) is 16.9 Å². The molecule has 0 aliphatic carbocycles. The van der Waals surface area contributed by atoms with Crippen LogP contribution in [0, 0.1) is 0 Å². The normalized spacial score (nSPS) is 14.8. The molecule has 1 aliphatic rings. The molecule has 2 aromatic heterocycles. The average molecular weight is 435 g/mol. The third-order valence-corrected chi connectivity index (χ3v) is 6.22. The highest BCUT2D eigenvalue weighted by Gasteiger charge is 2.20. The SMILES string of the molecule is Nc1ccc2c(c1)nnn2-c1nc(C(=O)Nc2ccccc2N2CCC(N)CC2)cs1. The molecule has 31 heavy (non-hydrogen) atoms. The number of nitrogens with two attached hydrogens (primary N) is 2. The van der Waals surface area contributed by atoms with Crippen molar-refractivity contribution < 1.29 is 4.79 Å².